The molecule has 1 N–H and O–H groups in total. The molecule has 112 valence electrons. The molecule has 0 aliphatic heterocycles. The lowest BCUT2D eigenvalue weighted by molar-refractivity contribution is 0.587. The van der Waals surface area contributed by atoms with E-state index in [9.17, 15) is 12.8 Å². The van der Waals surface area contributed by atoms with Gasteiger partial charge < -0.3 is 0 Å². The molecule has 0 saturated heterocycles. The van der Waals surface area contributed by atoms with Crippen molar-refractivity contribution in [3.05, 3.63) is 54.1 Å². The standard InChI is InChI=1S/C15H17FN2O2S/c1-15(2,3)11-8-13(10-17-9-11)18-21(19,20)14-6-4-12(16)5-7-14/h4-10,18H,1-3H3. The number of sulfonamides is 1. The zero-order valence-corrected chi connectivity index (χ0v) is 12.9. The van der Waals surface area contributed by atoms with Crippen molar-refractivity contribution < 1.29 is 12.8 Å². The van der Waals surface area contributed by atoms with Crippen LogP contribution in [0.5, 0.6) is 0 Å². The van der Waals surface area contributed by atoms with Gasteiger partial charge in [0.1, 0.15) is 5.82 Å². The maximum absolute atomic E-state index is 12.9. The van der Waals surface area contributed by atoms with Gasteiger partial charge in [0.05, 0.1) is 16.8 Å². The summed E-state index contributed by atoms with van der Waals surface area (Å²) in [6.45, 7) is 6.05. The van der Waals surface area contributed by atoms with Crippen molar-refractivity contribution in [1.82, 2.24) is 4.98 Å². The van der Waals surface area contributed by atoms with Gasteiger partial charge in [-0.25, -0.2) is 12.8 Å². The van der Waals surface area contributed by atoms with Gasteiger partial charge in [-0.15, -0.1) is 0 Å². The third-order valence-electron chi connectivity index (χ3n) is 2.98. The van der Waals surface area contributed by atoms with Crippen molar-refractivity contribution in [3.8, 4) is 0 Å². The Kier molecular flexibility index (Phi) is 4.00. The molecule has 0 atom stereocenters. The minimum Gasteiger partial charge on any atom is -0.278 e. The lowest BCUT2D eigenvalue weighted by Crippen LogP contribution is -2.15. The van der Waals surface area contributed by atoms with Crippen molar-refractivity contribution >= 4 is 15.7 Å². The number of hydrogen-bond donors (Lipinski definition) is 1. The monoisotopic (exact) mass is 308 g/mol. The van der Waals surface area contributed by atoms with E-state index in [1.54, 1.807) is 12.3 Å². The van der Waals surface area contributed by atoms with Crippen LogP contribution in [-0.2, 0) is 15.4 Å². The van der Waals surface area contributed by atoms with Crippen LogP contribution < -0.4 is 4.72 Å². The normalized spacial score (nSPS) is 12.2. The molecule has 0 bridgehead atoms. The number of hydrogen-bond acceptors (Lipinski definition) is 3. The summed E-state index contributed by atoms with van der Waals surface area (Å²) in [6, 6.07) is 6.41. The van der Waals surface area contributed by atoms with Crippen molar-refractivity contribution in [2.75, 3.05) is 4.72 Å². The first kappa shape index (κ1) is 15.4. The van der Waals surface area contributed by atoms with Gasteiger partial charge in [-0.05, 0) is 41.3 Å². The molecule has 0 spiro atoms. The van der Waals surface area contributed by atoms with Crippen LogP contribution in [0.25, 0.3) is 0 Å². The van der Waals surface area contributed by atoms with E-state index in [1.165, 1.54) is 18.3 Å². The second kappa shape index (κ2) is 5.44. The summed E-state index contributed by atoms with van der Waals surface area (Å²) in [6.07, 6.45) is 3.14. The number of pyridine rings is 1. The van der Waals surface area contributed by atoms with Crippen LogP contribution in [0.3, 0.4) is 0 Å². The number of benzene rings is 1. The van der Waals surface area contributed by atoms with E-state index in [1.807, 2.05) is 20.8 Å². The van der Waals surface area contributed by atoms with Crippen LogP contribution in [-0.4, -0.2) is 13.4 Å². The molecule has 1 aromatic heterocycles. The van der Waals surface area contributed by atoms with E-state index >= 15 is 0 Å². The topological polar surface area (TPSA) is 59.1 Å². The van der Waals surface area contributed by atoms with Crippen molar-refractivity contribution in [1.29, 1.82) is 0 Å². The van der Waals surface area contributed by atoms with Crippen molar-refractivity contribution in [3.63, 3.8) is 0 Å². The van der Waals surface area contributed by atoms with Gasteiger partial charge in [-0.3, -0.25) is 9.71 Å². The molecule has 0 amide bonds. The molecule has 2 aromatic rings. The Hall–Kier alpha value is -1.95. The highest BCUT2D eigenvalue weighted by molar-refractivity contribution is 7.92. The second-order valence-corrected chi connectivity index (χ2v) is 7.45. The molecule has 1 aromatic carbocycles. The van der Waals surface area contributed by atoms with Gasteiger partial charge in [0.15, 0.2) is 0 Å². The minimum absolute atomic E-state index is 0.00469. The fraction of sp³-hybridized carbons (Fsp3) is 0.267. The zero-order chi connectivity index (χ0) is 15.7. The molecule has 6 heteroatoms. The SMILES string of the molecule is CC(C)(C)c1cncc(NS(=O)(=O)c2ccc(F)cc2)c1. The number of rotatable bonds is 3. The quantitative estimate of drug-likeness (QED) is 0.946. The summed E-state index contributed by atoms with van der Waals surface area (Å²) in [7, 11) is -3.75. The molecule has 0 radical (unpaired) electrons. The van der Waals surface area contributed by atoms with E-state index in [4.69, 9.17) is 0 Å². The van der Waals surface area contributed by atoms with Gasteiger partial charge in [0.25, 0.3) is 10.0 Å². The van der Waals surface area contributed by atoms with E-state index in [0.717, 1.165) is 17.7 Å². The third-order valence-corrected chi connectivity index (χ3v) is 4.38. The maximum Gasteiger partial charge on any atom is 0.261 e. The highest BCUT2D eigenvalue weighted by Crippen LogP contribution is 2.24. The van der Waals surface area contributed by atoms with Gasteiger partial charge in [-0.1, -0.05) is 20.8 Å². The Labute approximate surface area is 124 Å². The molecule has 4 nitrogen and oxygen atoms in total. The molecule has 0 saturated carbocycles. The zero-order valence-electron chi connectivity index (χ0n) is 12.1. The fourth-order valence-electron chi connectivity index (χ4n) is 1.73. The molecule has 0 aliphatic rings. The maximum atomic E-state index is 12.9. The van der Waals surface area contributed by atoms with Crippen molar-refractivity contribution in [2.24, 2.45) is 0 Å². The van der Waals surface area contributed by atoms with Gasteiger partial charge in [0, 0.05) is 6.20 Å². The largest absolute Gasteiger partial charge is 0.278 e. The predicted molar refractivity (Wildman–Crippen MR) is 80.1 cm³/mol. The summed E-state index contributed by atoms with van der Waals surface area (Å²) in [5.41, 5.74) is 1.16. The summed E-state index contributed by atoms with van der Waals surface area (Å²) in [5.74, 6) is -0.481. The van der Waals surface area contributed by atoms with Crippen LogP contribution >= 0.6 is 0 Å². The average Bonchev–Trinajstić information content (AvgIpc) is 2.38. The summed E-state index contributed by atoms with van der Waals surface area (Å²) < 4.78 is 39.7. The highest BCUT2D eigenvalue weighted by Gasteiger charge is 2.17. The molecule has 21 heavy (non-hydrogen) atoms. The smallest absolute Gasteiger partial charge is 0.261 e. The minimum atomic E-state index is -3.75. The number of nitrogens with one attached hydrogen (secondary N) is 1. The van der Waals surface area contributed by atoms with E-state index in [2.05, 4.69) is 9.71 Å². The van der Waals surface area contributed by atoms with Crippen LogP contribution in [0.1, 0.15) is 26.3 Å². The average molecular weight is 308 g/mol. The first-order valence-corrected chi connectivity index (χ1v) is 7.91. The molecule has 2 rings (SSSR count). The van der Waals surface area contributed by atoms with Gasteiger partial charge in [-0.2, -0.15) is 0 Å². The molecular weight excluding hydrogens is 291 g/mol. The first-order valence-electron chi connectivity index (χ1n) is 6.42. The van der Waals surface area contributed by atoms with E-state index < -0.39 is 15.8 Å². The lowest BCUT2D eigenvalue weighted by Gasteiger charge is -2.19. The Morgan fingerprint density at radius 2 is 1.71 bits per heavy atom. The van der Waals surface area contributed by atoms with Crippen LogP contribution in [0.4, 0.5) is 10.1 Å². The first-order chi connectivity index (χ1) is 9.68. The molecule has 1 heterocycles. The Balaban J connectivity index is 2.31. The third kappa shape index (κ3) is 3.78. The predicted octanol–water partition coefficient (Wildman–Crippen LogP) is 3.32. The number of halogens is 1. The van der Waals surface area contributed by atoms with Gasteiger partial charge in [0.2, 0.25) is 0 Å². The molecule has 0 aliphatic carbocycles. The number of aromatic nitrogens is 1. The number of anilines is 1. The molecule has 0 fully saturated rings. The summed E-state index contributed by atoms with van der Waals surface area (Å²) in [5, 5.41) is 0. The number of nitrogens with zero attached hydrogens (tertiary/aromatic N) is 1. The van der Waals surface area contributed by atoms with Crippen LogP contribution in [0.15, 0.2) is 47.6 Å². The summed E-state index contributed by atoms with van der Waals surface area (Å²) in [4.78, 5) is 4.06. The van der Waals surface area contributed by atoms with E-state index in [-0.39, 0.29) is 10.3 Å². The Morgan fingerprint density at radius 1 is 1.10 bits per heavy atom. The Morgan fingerprint density at radius 3 is 2.29 bits per heavy atom. The lowest BCUT2D eigenvalue weighted by atomic mass is 9.88. The summed E-state index contributed by atoms with van der Waals surface area (Å²) >= 11 is 0. The highest BCUT2D eigenvalue weighted by atomic mass is 32.2. The Bertz CT molecular complexity index is 735. The van der Waals surface area contributed by atoms with Crippen molar-refractivity contribution in [2.45, 2.75) is 31.1 Å². The van der Waals surface area contributed by atoms with E-state index in [0.29, 0.717) is 5.69 Å². The van der Waals surface area contributed by atoms with Gasteiger partial charge >= 0.3 is 0 Å². The molecular formula is C15H17FN2O2S. The fourth-order valence-corrected chi connectivity index (χ4v) is 2.77. The van der Waals surface area contributed by atoms with Crippen LogP contribution in [0, 0.1) is 5.82 Å². The molecule has 0 unspecified atom stereocenters. The van der Waals surface area contributed by atoms with Crippen LogP contribution in [0.2, 0.25) is 0 Å². The second-order valence-electron chi connectivity index (χ2n) is 5.77.